The van der Waals surface area contributed by atoms with Crippen molar-refractivity contribution in [3.63, 3.8) is 0 Å². The van der Waals surface area contributed by atoms with E-state index in [4.69, 9.17) is 17.3 Å². The number of nitrogens with two attached hydrogens (primary N) is 1. The molecule has 0 amide bonds. The van der Waals surface area contributed by atoms with Gasteiger partial charge in [0.1, 0.15) is 5.02 Å². The van der Waals surface area contributed by atoms with Crippen LogP contribution in [0.3, 0.4) is 0 Å². The van der Waals surface area contributed by atoms with Crippen molar-refractivity contribution in [1.29, 1.82) is 0 Å². The summed E-state index contributed by atoms with van der Waals surface area (Å²) in [6.07, 6.45) is 2.24. The molecule has 1 aliphatic rings. The Bertz CT molecular complexity index is 453. The second kappa shape index (κ2) is 5.65. The van der Waals surface area contributed by atoms with Crippen molar-refractivity contribution >= 4 is 17.3 Å². The van der Waals surface area contributed by atoms with Crippen LogP contribution >= 0.6 is 11.6 Å². The summed E-state index contributed by atoms with van der Waals surface area (Å²) >= 11 is 5.79. The summed E-state index contributed by atoms with van der Waals surface area (Å²) in [6.45, 7) is 2.33. The Morgan fingerprint density at radius 3 is 3.00 bits per heavy atom. The fourth-order valence-corrected chi connectivity index (χ4v) is 2.59. The molecule has 2 rings (SSSR count). The lowest BCUT2D eigenvalue weighted by Gasteiger charge is -2.22. The van der Waals surface area contributed by atoms with Gasteiger partial charge < -0.3 is 5.73 Å². The molecule has 1 aromatic carbocycles. The molecule has 6 heteroatoms. The van der Waals surface area contributed by atoms with Crippen molar-refractivity contribution in [2.75, 3.05) is 13.1 Å². The van der Waals surface area contributed by atoms with E-state index in [-0.39, 0.29) is 10.7 Å². The fraction of sp³-hybridized carbons (Fsp3) is 0.500. The molecule has 1 aromatic rings. The molecule has 1 saturated heterocycles. The zero-order valence-corrected chi connectivity index (χ0v) is 10.8. The molecule has 0 aromatic heterocycles. The van der Waals surface area contributed by atoms with Gasteiger partial charge in [-0.3, -0.25) is 15.0 Å². The summed E-state index contributed by atoms with van der Waals surface area (Å²) in [7, 11) is 0. The van der Waals surface area contributed by atoms with Crippen LogP contribution in [0.5, 0.6) is 0 Å². The van der Waals surface area contributed by atoms with Crippen LogP contribution in [-0.2, 0) is 6.54 Å². The highest BCUT2D eigenvalue weighted by atomic mass is 35.5. The molecule has 0 radical (unpaired) electrons. The van der Waals surface area contributed by atoms with Crippen LogP contribution in [0.25, 0.3) is 0 Å². The van der Waals surface area contributed by atoms with Crippen molar-refractivity contribution in [3.8, 4) is 0 Å². The van der Waals surface area contributed by atoms with Gasteiger partial charge in [0, 0.05) is 25.2 Å². The standard InChI is InChI=1S/C12H16ClN3O2/c13-11-4-3-9(6-12(11)16(17)18)8-15-5-1-2-10(15)7-14/h3-4,6,10H,1-2,5,7-8,14H2. The van der Waals surface area contributed by atoms with Crippen LogP contribution in [0.4, 0.5) is 5.69 Å². The smallest absolute Gasteiger partial charge is 0.288 e. The van der Waals surface area contributed by atoms with Crippen LogP contribution in [0, 0.1) is 10.1 Å². The largest absolute Gasteiger partial charge is 0.329 e. The minimum absolute atomic E-state index is 0.0299. The molecule has 1 heterocycles. The first-order chi connectivity index (χ1) is 8.61. The number of likely N-dealkylation sites (tertiary alicyclic amines) is 1. The third-order valence-electron chi connectivity index (χ3n) is 3.36. The summed E-state index contributed by atoms with van der Waals surface area (Å²) < 4.78 is 0. The van der Waals surface area contributed by atoms with Gasteiger partial charge in [0.15, 0.2) is 0 Å². The Labute approximate surface area is 111 Å². The van der Waals surface area contributed by atoms with Crippen molar-refractivity contribution in [3.05, 3.63) is 38.9 Å². The molecule has 98 valence electrons. The predicted molar refractivity (Wildman–Crippen MR) is 70.6 cm³/mol. The topological polar surface area (TPSA) is 72.4 Å². The number of halogens is 1. The minimum Gasteiger partial charge on any atom is -0.329 e. The second-order valence-electron chi connectivity index (χ2n) is 4.55. The highest BCUT2D eigenvalue weighted by molar-refractivity contribution is 6.32. The van der Waals surface area contributed by atoms with E-state index in [1.165, 1.54) is 0 Å². The van der Waals surface area contributed by atoms with Gasteiger partial charge in [0.05, 0.1) is 4.92 Å². The maximum Gasteiger partial charge on any atom is 0.288 e. The monoisotopic (exact) mass is 269 g/mol. The Balaban J connectivity index is 2.14. The zero-order valence-electron chi connectivity index (χ0n) is 10.0. The molecule has 0 spiro atoms. The molecule has 0 saturated carbocycles. The van der Waals surface area contributed by atoms with E-state index >= 15 is 0 Å². The lowest BCUT2D eigenvalue weighted by molar-refractivity contribution is -0.384. The van der Waals surface area contributed by atoms with Gasteiger partial charge >= 0.3 is 0 Å². The molecule has 5 nitrogen and oxygen atoms in total. The molecule has 0 bridgehead atoms. The molecule has 1 fully saturated rings. The van der Waals surface area contributed by atoms with Crippen LogP contribution in [-0.4, -0.2) is 29.0 Å². The molecule has 18 heavy (non-hydrogen) atoms. The summed E-state index contributed by atoms with van der Waals surface area (Å²) in [5.41, 5.74) is 6.59. The van der Waals surface area contributed by atoms with Crippen molar-refractivity contribution in [2.24, 2.45) is 5.73 Å². The van der Waals surface area contributed by atoms with Crippen molar-refractivity contribution in [2.45, 2.75) is 25.4 Å². The SMILES string of the molecule is NCC1CCCN1Cc1ccc(Cl)c([N+](=O)[O-])c1. The minimum atomic E-state index is -0.448. The first-order valence-electron chi connectivity index (χ1n) is 5.98. The average Bonchev–Trinajstić information content (AvgIpc) is 2.78. The van der Waals surface area contributed by atoms with E-state index in [9.17, 15) is 10.1 Å². The summed E-state index contributed by atoms with van der Waals surface area (Å²) in [6, 6.07) is 5.36. The molecule has 1 atom stereocenters. The fourth-order valence-electron chi connectivity index (χ4n) is 2.40. The zero-order chi connectivity index (χ0) is 13.1. The van der Waals surface area contributed by atoms with Crippen LogP contribution in [0.15, 0.2) is 18.2 Å². The Hall–Kier alpha value is -1.17. The number of rotatable bonds is 4. The summed E-state index contributed by atoms with van der Waals surface area (Å²) in [5.74, 6) is 0. The maximum absolute atomic E-state index is 10.8. The van der Waals surface area contributed by atoms with Gasteiger partial charge in [-0.05, 0) is 31.0 Å². The van der Waals surface area contributed by atoms with E-state index in [2.05, 4.69) is 4.90 Å². The average molecular weight is 270 g/mol. The predicted octanol–water partition coefficient (Wildman–Crippen LogP) is 2.17. The van der Waals surface area contributed by atoms with Crippen molar-refractivity contribution < 1.29 is 4.92 Å². The quantitative estimate of drug-likeness (QED) is 0.672. The van der Waals surface area contributed by atoms with E-state index < -0.39 is 4.92 Å². The Morgan fingerprint density at radius 2 is 2.33 bits per heavy atom. The van der Waals surface area contributed by atoms with Gasteiger partial charge in [-0.15, -0.1) is 0 Å². The lowest BCUT2D eigenvalue weighted by atomic mass is 10.1. The van der Waals surface area contributed by atoms with Crippen molar-refractivity contribution in [1.82, 2.24) is 4.90 Å². The van der Waals surface area contributed by atoms with Gasteiger partial charge in [-0.1, -0.05) is 17.7 Å². The number of hydrogen-bond donors (Lipinski definition) is 1. The van der Waals surface area contributed by atoms with Gasteiger partial charge in [0.2, 0.25) is 0 Å². The second-order valence-corrected chi connectivity index (χ2v) is 4.95. The third-order valence-corrected chi connectivity index (χ3v) is 3.68. The molecule has 0 aliphatic carbocycles. The van der Waals surface area contributed by atoms with Gasteiger partial charge in [0.25, 0.3) is 5.69 Å². The maximum atomic E-state index is 10.8. The number of hydrogen-bond acceptors (Lipinski definition) is 4. The first kappa shape index (κ1) is 13.3. The highest BCUT2D eigenvalue weighted by Gasteiger charge is 2.23. The van der Waals surface area contributed by atoms with Gasteiger partial charge in [-0.2, -0.15) is 0 Å². The summed E-state index contributed by atoms with van der Waals surface area (Å²) in [4.78, 5) is 12.6. The molecule has 1 unspecified atom stereocenters. The number of nitro groups is 1. The van der Waals surface area contributed by atoms with Gasteiger partial charge in [-0.25, -0.2) is 0 Å². The van der Waals surface area contributed by atoms with E-state index in [1.54, 1.807) is 12.1 Å². The van der Waals surface area contributed by atoms with Crippen LogP contribution in [0.1, 0.15) is 18.4 Å². The van der Waals surface area contributed by atoms with Crippen LogP contribution in [0.2, 0.25) is 5.02 Å². The molecular weight excluding hydrogens is 254 g/mol. The first-order valence-corrected chi connectivity index (χ1v) is 6.36. The number of benzene rings is 1. The molecule has 1 aliphatic heterocycles. The van der Waals surface area contributed by atoms with E-state index in [1.807, 2.05) is 6.07 Å². The third kappa shape index (κ3) is 2.80. The molecular formula is C12H16ClN3O2. The Morgan fingerprint density at radius 1 is 1.56 bits per heavy atom. The van der Waals surface area contributed by atoms with E-state index in [0.29, 0.717) is 19.1 Å². The van der Waals surface area contributed by atoms with E-state index in [0.717, 1.165) is 24.9 Å². The lowest BCUT2D eigenvalue weighted by Crippen LogP contribution is -2.34. The highest BCUT2D eigenvalue weighted by Crippen LogP contribution is 2.27. The number of nitro benzene ring substituents is 1. The normalized spacial score (nSPS) is 20.2. The summed E-state index contributed by atoms with van der Waals surface area (Å²) in [5, 5.41) is 11.0. The number of nitrogens with zero attached hydrogens (tertiary/aromatic N) is 2. The molecule has 2 N–H and O–H groups in total. The van der Waals surface area contributed by atoms with Crippen LogP contribution < -0.4 is 5.73 Å². The Kier molecular flexibility index (Phi) is 4.16.